The van der Waals surface area contributed by atoms with Crippen LogP contribution in [0.15, 0.2) is 66.9 Å². The lowest BCUT2D eigenvalue weighted by Gasteiger charge is -2.24. The Balaban J connectivity index is 1.29. The molecule has 0 bridgehead atoms. The first-order valence-corrected chi connectivity index (χ1v) is 10.4. The fourth-order valence-electron chi connectivity index (χ4n) is 3.67. The number of hydrogen-bond acceptors (Lipinski definition) is 5. The Morgan fingerprint density at radius 3 is 2.58 bits per heavy atom. The number of aromatic nitrogens is 3. The number of nitrogens with zero attached hydrogens (tertiary/aromatic N) is 4. The van der Waals surface area contributed by atoms with Gasteiger partial charge in [-0.1, -0.05) is 53.7 Å². The zero-order valence-corrected chi connectivity index (χ0v) is 17.2. The summed E-state index contributed by atoms with van der Waals surface area (Å²) in [6, 6.07) is 19.0. The zero-order chi connectivity index (χ0) is 21.5. The van der Waals surface area contributed by atoms with E-state index in [0.29, 0.717) is 25.4 Å². The molecule has 0 unspecified atom stereocenters. The second kappa shape index (κ2) is 9.88. The summed E-state index contributed by atoms with van der Waals surface area (Å²) in [6.45, 7) is 1.63. The van der Waals surface area contributed by atoms with Gasteiger partial charge < -0.3 is 15.0 Å². The molecule has 4 rings (SSSR count). The van der Waals surface area contributed by atoms with Crippen LogP contribution in [0.25, 0.3) is 0 Å². The molecule has 1 aliphatic heterocycles. The predicted octanol–water partition coefficient (Wildman–Crippen LogP) is 2.28. The molecule has 3 aromatic rings. The lowest BCUT2D eigenvalue weighted by atomic mass is 10.2. The third-order valence-electron chi connectivity index (χ3n) is 5.27. The molecule has 0 saturated carbocycles. The van der Waals surface area contributed by atoms with Gasteiger partial charge in [0.15, 0.2) is 12.3 Å². The van der Waals surface area contributed by atoms with Gasteiger partial charge in [0.1, 0.15) is 5.75 Å². The van der Waals surface area contributed by atoms with Gasteiger partial charge in [0.05, 0.1) is 18.8 Å². The molecule has 2 heterocycles. The van der Waals surface area contributed by atoms with Crippen molar-refractivity contribution in [2.75, 3.05) is 13.2 Å². The molecule has 8 nitrogen and oxygen atoms in total. The minimum Gasteiger partial charge on any atom is -0.484 e. The third-order valence-corrected chi connectivity index (χ3v) is 5.27. The maximum Gasteiger partial charge on any atom is 0.273 e. The van der Waals surface area contributed by atoms with Gasteiger partial charge in [0.25, 0.3) is 11.8 Å². The van der Waals surface area contributed by atoms with E-state index in [0.717, 1.165) is 18.4 Å². The van der Waals surface area contributed by atoms with Crippen LogP contribution >= 0.6 is 0 Å². The Bertz CT molecular complexity index is 1010. The van der Waals surface area contributed by atoms with Crippen molar-refractivity contribution in [1.29, 1.82) is 0 Å². The molecule has 1 aromatic heterocycles. The Kier molecular flexibility index (Phi) is 6.56. The normalized spacial score (nSPS) is 15.6. The summed E-state index contributed by atoms with van der Waals surface area (Å²) < 4.78 is 7.23. The number of rotatable bonds is 8. The summed E-state index contributed by atoms with van der Waals surface area (Å²) in [5, 5.41) is 10.9. The van der Waals surface area contributed by atoms with Crippen LogP contribution in [0, 0.1) is 0 Å². The van der Waals surface area contributed by atoms with Crippen LogP contribution in [0.5, 0.6) is 5.75 Å². The number of nitrogens with one attached hydrogen (secondary N) is 1. The maximum atomic E-state index is 12.6. The number of amides is 2. The standard InChI is InChI=1S/C23H25N5O3/c29-22(17-31-20-11-5-2-6-12-20)28-13-7-10-19(28)15-27-16-21(25-26-27)23(30)24-14-18-8-3-1-4-9-18/h1-6,8-9,11-12,16,19H,7,10,13-15,17H2,(H,24,30)/t19-/m0/s1. The number of ether oxygens (including phenoxy) is 1. The van der Waals surface area contributed by atoms with E-state index in [2.05, 4.69) is 15.6 Å². The second-order valence-corrected chi connectivity index (χ2v) is 7.48. The molecule has 0 spiro atoms. The summed E-state index contributed by atoms with van der Waals surface area (Å²) in [4.78, 5) is 26.8. The Morgan fingerprint density at radius 1 is 1.06 bits per heavy atom. The van der Waals surface area contributed by atoms with E-state index in [9.17, 15) is 9.59 Å². The molecular formula is C23H25N5O3. The molecule has 1 atom stereocenters. The summed E-state index contributed by atoms with van der Waals surface area (Å²) in [7, 11) is 0. The van der Waals surface area contributed by atoms with E-state index in [-0.39, 0.29) is 30.2 Å². The highest BCUT2D eigenvalue weighted by Gasteiger charge is 2.29. The average molecular weight is 419 g/mol. The van der Waals surface area contributed by atoms with Crippen molar-refractivity contribution in [1.82, 2.24) is 25.2 Å². The van der Waals surface area contributed by atoms with E-state index in [4.69, 9.17) is 4.74 Å². The van der Waals surface area contributed by atoms with Crippen LogP contribution < -0.4 is 10.1 Å². The molecule has 1 N–H and O–H groups in total. The van der Waals surface area contributed by atoms with Crippen molar-refractivity contribution in [3.63, 3.8) is 0 Å². The minimum atomic E-state index is -0.272. The number of benzene rings is 2. The predicted molar refractivity (Wildman–Crippen MR) is 114 cm³/mol. The smallest absolute Gasteiger partial charge is 0.273 e. The molecule has 160 valence electrons. The Morgan fingerprint density at radius 2 is 1.81 bits per heavy atom. The average Bonchev–Trinajstić information content (AvgIpc) is 3.47. The quantitative estimate of drug-likeness (QED) is 0.605. The van der Waals surface area contributed by atoms with Crippen LogP contribution in [0.3, 0.4) is 0 Å². The van der Waals surface area contributed by atoms with Crippen LogP contribution in [-0.2, 0) is 17.9 Å². The lowest BCUT2D eigenvalue weighted by Crippen LogP contribution is -2.40. The van der Waals surface area contributed by atoms with E-state index in [1.807, 2.05) is 65.6 Å². The van der Waals surface area contributed by atoms with E-state index < -0.39 is 0 Å². The summed E-state index contributed by atoms with van der Waals surface area (Å²) in [6.07, 6.45) is 3.44. The molecule has 1 aliphatic rings. The van der Waals surface area contributed by atoms with Gasteiger partial charge in [-0.3, -0.25) is 9.59 Å². The zero-order valence-electron chi connectivity index (χ0n) is 17.2. The summed E-state index contributed by atoms with van der Waals surface area (Å²) >= 11 is 0. The molecule has 0 radical (unpaired) electrons. The van der Waals surface area contributed by atoms with Gasteiger partial charge >= 0.3 is 0 Å². The summed E-state index contributed by atoms with van der Waals surface area (Å²) in [5.41, 5.74) is 1.28. The highest BCUT2D eigenvalue weighted by molar-refractivity contribution is 5.91. The molecule has 2 amide bonds. The van der Waals surface area contributed by atoms with Crippen LogP contribution in [0.4, 0.5) is 0 Å². The SMILES string of the molecule is O=C(NCc1ccccc1)c1cn(C[C@@H]2CCCN2C(=O)COc2ccccc2)nn1. The molecule has 0 aliphatic carbocycles. The molecule has 1 saturated heterocycles. The van der Waals surface area contributed by atoms with Gasteiger partial charge in [-0.05, 0) is 30.5 Å². The first-order chi connectivity index (χ1) is 15.2. The fraction of sp³-hybridized carbons (Fsp3) is 0.304. The Hall–Kier alpha value is -3.68. The number of hydrogen-bond donors (Lipinski definition) is 1. The van der Waals surface area contributed by atoms with Gasteiger partial charge in [-0.15, -0.1) is 5.10 Å². The number of carbonyl (C=O) groups excluding carboxylic acids is 2. The topological polar surface area (TPSA) is 89.4 Å². The molecular weight excluding hydrogens is 394 g/mol. The van der Waals surface area contributed by atoms with Crippen molar-refractivity contribution >= 4 is 11.8 Å². The maximum absolute atomic E-state index is 12.6. The van der Waals surface area contributed by atoms with Crippen LogP contribution in [0.2, 0.25) is 0 Å². The largest absolute Gasteiger partial charge is 0.484 e. The lowest BCUT2D eigenvalue weighted by molar-refractivity contribution is -0.134. The first kappa shape index (κ1) is 20.6. The van der Waals surface area contributed by atoms with Crippen molar-refractivity contribution < 1.29 is 14.3 Å². The van der Waals surface area contributed by atoms with E-state index in [1.165, 1.54) is 0 Å². The van der Waals surface area contributed by atoms with Crippen molar-refractivity contribution in [3.8, 4) is 5.75 Å². The third kappa shape index (κ3) is 5.48. The number of para-hydroxylation sites is 1. The van der Waals surface area contributed by atoms with Gasteiger partial charge in [-0.2, -0.15) is 0 Å². The first-order valence-electron chi connectivity index (χ1n) is 10.4. The van der Waals surface area contributed by atoms with Gasteiger partial charge in [-0.25, -0.2) is 4.68 Å². The highest BCUT2D eigenvalue weighted by atomic mass is 16.5. The van der Waals surface area contributed by atoms with E-state index >= 15 is 0 Å². The highest BCUT2D eigenvalue weighted by Crippen LogP contribution is 2.19. The van der Waals surface area contributed by atoms with E-state index in [1.54, 1.807) is 10.9 Å². The molecule has 8 heteroatoms. The van der Waals surface area contributed by atoms with Crippen molar-refractivity contribution in [3.05, 3.63) is 78.1 Å². The van der Waals surface area contributed by atoms with Crippen molar-refractivity contribution in [2.45, 2.75) is 32.0 Å². The minimum absolute atomic E-state index is 0.00497. The second-order valence-electron chi connectivity index (χ2n) is 7.48. The van der Waals surface area contributed by atoms with Crippen molar-refractivity contribution in [2.24, 2.45) is 0 Å². The number of likely N-dealkylation sites (tertiary alicyclic amines) is 1. The van der Waals surface area contributed by atoms with Gasteiger partial charge in [0.2, 0.25) is 0 Å². The molecule has 2 aromatic carbocycles. The molecule has 1 fully saturated rings. The summed E-state index contributed by atoms with van der Waals surface area (Å²) in [5.74, 6) is 0.354. The van der Waals surface area contributed by atoms with Gasteiger partial charge in [0, 0.05) is 13.1 Å². The number of carbonyl (C=O) groups is 2. The fourth-order valence-corrected chi connectivity index (χ4v) is 3.67. The molecule has 31 heavy (non-hydrogen) atoms. The van der Waals surface area contributed by atoms with Crippen LogP contribution in [0.1, 0.15) is 28.9 Å². The monoisotopic (exact) mass is 419 g/mol. The Labute approximate surface area is 180 Å². The van der Waals surface area contributed by atoms with Crippen LogP contribution in [-0.4, -0.2) is 50.9 Å².